The Morgan fingerprint density at radius 2 is 1.61 bits per heavy atom. The average molecular weight is 539 g/mol. The van der Waals surface area contributed by atoms with Gasteiger partial charge in [-0.15, -0.1) is 10.2 Å². The quantitative estimate of drug-likeness (QED) is 0.347. The summed E-state index contributed by atoms with van der Waals surface area (Å²) in [6, 6.07) is 8.93. The topological polar surface area (TPSA) is 130 Å². The number of rotatable bonds is 13. The molecule has 2 atom stereocenters. The molecule has 3 aromatic rings. The van der Waals surface area contributed by atoms with Crippen molar-refractivity contribution in [2.45, 2.75) is 44.3 Å². The number of methoxy groups -OCH3 is 2. The zero-order chi connectivity index (χ0) is 26.3. The van der Waals surface area contributed by atoms with Gasteiger partial charge in [-0.3, -0.25) is 9.29 Å². The van der Waals surface area contributed by atoms with Crippen LogP contribution in [0.3, 0.4) is 0 Å². The minimum absolute atomic E-state index is 0.0279. The van der Waals surface area contributed by atoms with Crippen LogP contribution in [0.4, 0.5) is 5.95 Å². The van der Waals surface area contributed by atoms with Crippen LogP contribution in [-0.4, -0.2) is 71.9 Å². The van der Waals surface area contributed by atoms with E-state index in [9.17, 15) is 8.42 Å². The summed E-state index contributed by atoms with van der Waals surface area (Å²) in [6.45, 7) is 5.62. The van der Waals surface area contributed by atoms with Gasteiger partial charge in [0.1, 0.15) is 11.4 Å². The van der Waals surface area contributed by atoms with E-state index < -0.39 is 27.4 Å². The van der Waals surface area contributed by atoms with Gasteiger partial charge in [-0.1, -0.05) is 41.9 Å². The first-order valence-electron chi connectivity index (χ1n) is 11.3. The lowest BCUT2D eigenvalue weighted by Gasteiger charge is -2.26. The summed E-state index contributed by atoms with van der Waals surface area (Å²) in [6.07, 6.45) is 1.55. The van der Waals surface area contributed by atoms with Crippen molar-refractivity contribution in [3.63, 3.8) is 0 Å². The number of hydrogen-bond donors (Lipinski definition) is 1. The van der Waals surface area contributed by atoms with Crippen LogP contribution in [0, 0.1) is 0 Å². The third kappa shape index (κ3) is 6.77. The first kappa shape index (κ1) is 27.9. The lowest BCUT2D eigenvalue weighted by atomic mass is 10.2. The Hall–Kier alpha value is -2.64. The number of halogens is 1. The molecule has 0 saturated heterocycles. The van der Waals surface area contributed by atoms with Gasteiger partial charge in [-0.25, -0.2) is 18.4 Å². The molecule has 0 saturated carbocycles. The number of ether oxygens (including phenoxy) is 3. The van der Waals surface area contributed by atoms with E-state index in [1.165, 1.54) is 19.3 Å². The molecule has 196 valence electrons. The Morgan fingerprint density at radius 1 is 1.00 bits per heavy atom. The van der Waals surface area contributed by atoms with E-state index in [2.05, 4.69) is 24.9 Å². The molecule has 0 aliphatic rings. The largest absolute Gasteiger partial charge is 0.382 e. The maximum absolute atomic E-state index is 13.6. The Balaban J connectivity index is 2.02. The molecule has 0 radical (unpaired) electrons. The molecular weight excluding hydrogens is 508 g/mol. The predicted octanol–water partition coefficient (Wildman–Crippen LogP) is 3.52. The van der Waals surface area contributed by atoms with Crippen LogP contribution in [0.5, 0.6) is 0 Å². The molecule has 0 aliphatic carbocycles. The Bertz CT molecular complexity index is 1200. The predicted molar refractivity (Wildman–Crippen MR) is 136 cm³/mol. The molecule has 1 N–H and O–H groups in total. The van der Waals surface area contributed by atoms with Crippen LogP contribution in [0.1, 0.15) is 38.7 Å². The lowest BCUT2D eigenvalue weighted by Crippen LogP contribution is -2.35. The van der Waals surface area contributed by atoms with Crippen LogP contribution in [0.15, 0.2) is 42.7 Å². The highest BCUT2D eigenvalue weighted by Crippen LogP contribution is 2.30. The molecule has 36 heavy (non-hydrogen) atoms. The molecule has 2 aromatic heterocycles. The van der Waals surface area contributed by atoms with Crippen molar-refractivity contribution in [2.75, 3.05) is 32.2 Å². The number of aromatic nitrogens is 5. The average Bonchev–Trinajstić information content (AvgIpc) is 3.25. The summed E-state index contributed by atoms with van der Waals surface area (Å²) in [5, 5.41) is 7.70. The summed E-state index contributed by atoms with van der Waals surface area (Å²) in [5.41, 5.74) is 0.760. The molecule has 0 amide bonds. The van der Waals surface area contributed by atoms with E-state index >= 15 is 0 Å². The molecule has 3 rings (SSSR count). The van der Waals surface area contributed by atoms with Crippen molar-refractivity contribution in [2.24, 2.45) is 0 Å². The smallest absolute Gasteiger partial charge is 0.240 e. The minimum Gasteiger partial charge on any atom is -0.382 e. The van der Waals surface area contributed by atoms with Crippen molar-refractivity contribution >= 4 is 27.6 Å². The molecule has 11 nitrogen and oxygen atoms in total. The number of nitrogens with zero attached hydrogens (tertiary/aromatic N) is 5. The van der Waals surface area contributed by atoms with E-state index in [-0.39, 0.29) is 31.1 Å². The van der Waals surface area contributed by atoms with Gasteiger partial charge in [0.05, 0.1) is 30.4 Å². The summed E-state index contributed by atoms with van der Waals surface area (Å²) in [4.78, 5) is 8.37. The number of sulfonamides is 1. The van der Waals surface area contributed by atoms with E-state index in [1.807, 2.05) is 30.3 Å². The van der Waals surface area contributed by atoms with Crippen LogP contribution in [-0.2, 0) is 24.2 Å². The third-order valence-electron chi connectivity index (χ3n) is 5.27. The number of anilines is 1. The van der Waals surface area contributed by atoms with E-state index in [4.69, 9.17) is 25.8 Å². The van der Waals surface area contributed by atoms with Gasteiger partial charge in [0.25, 0.3) is 0 Å². The molecule has 0 aliphatic heterocycles. The van der Waals surface area contributed by atoms with Gasteiger partial charge >= 0.3 is 0 Å². The SMILES string of the molecule is COCC(COC)n1c(NS(=O)(=O)[C@@H](C)[C@@H](OC(C)C)c2ncc(Cl)cn2)nnc1-c1ccccc1. The highest BCUT2D eigenvalue weighted by molar-refractivity contribution is 7.93. The van der Waals surface area contributed by atoms with Crippen molar-refractivity contribution < 1.29 is 22.6 Å². The second kappa shape index (κ2) is 12.5. The summed E-state index contributed by atoms with van der Waals surface area (Å²) in [5.74, 6) is 0.699. The Morgan fingerprint density at radius 3 is 2.17 bits per heavy atom. The van der Waals surface area contributed by atoms with Gasteiger partial charge in [0.2, 0.25) is 16.0 Å². The highest BCUT2D eigenvalue weighted by Gasteiger charge is 2.36. The summed E-state index contributed by atoms with van der Waals surface area (Å²) in [7, 11) is -0.951. The van der Waals surface area contributed by atoms with Crippen LogP contribution in [0.2, 0.25) is 5.02 Å². The standard InChI is InChI=1S/C23H31ClN6O5S/c1-15(2)35-20(21-25-11-18(24)12-26-21)16(3)36(31,32)29-23-28-27-22(17-9-7-6-8-10-17)30(23)19(13-33-4)14-34-5/h6-12,15-16,19-20H,13-14H2,1-5H3,(H,28,29)/t16-,20+/m0/s1. The van der Waals surface area contributed by atoms with Crippen molar-refractivity contribution in [3.05, 3.63) is 53.6 Å². The van der Waals surface area contributed by atoms with Gasteiger partial charge in [-0.05, 0) is 20.8 Å². The van der Waals surface area contributed by atoms with Crippen molar-refractivity contribution in [1.82, 2.24) is 24.7 Å². The molecule has 2 heterocycles. The normalized spacial score (nSPS) is 13.8. The monoisotopic (exact) mass is 538 g/mol. The third-order valence-corrected chi connectivity index (χ3v) is 7.16. The molecular formula is C23H31ClN6O5S. The van der Waals surface area contributed by atoms with E-state index in [0.29, 0.717) is 10.8 Å². The molecule has 0 bridgehead atoms. The maximum Gasteiger partial charge on any atom is 0.240 e. The zero-order valence-corrected chi connectivity index (χ0v) is 22.4. The molecule has 1 aromatic carbocycles. The number of hydrogen-bond acceptors (Lipinski definition) is 9. The van der Waals surface area contributed by atoms with Crippen molar-refractivity contribution in [3.8, 4) is 11.4 Å². The lowest BCUT2D eigenvalue weighted by molar-refractivity contribution is 0.00154. The van der Waals surface area contributed by atoms with Gasteiger partial charge in [0, 0.05) is 32.2 Å². The Kier molecular flexibility index (Phi) is 9.74. The van der Waals surface area contributed by atoms with Crippen molar-refractivity contribution in [1.29, 1.82) is 0 Å². The maximum atomic E-state index is 13.6. The van der Waals surface area contributed by atoms with E-state index in [0.717, 1.165) is 5.56 Å². The van der Waals surface area contributed by atoms with Crippen LogP contribution < -0.4 is 4.72 Å². The number of nitrogens with one attached hydrogen (secondary N) is 1. The van der Waals surface area contributed by atoms with Gasteiger partial charge < -0.3 is 14.2 Å². The fraction of sp³-hybridized carbons (Fsp3) is 0.478. The fourth-order valence-electron chi connectivity index (χ4n) is 3.60. The summed E-state index contributed by atoms with van der Waals surface area (Å²) < 4.78 is 48.1. The van der Waals surface area contributed by atoms with Crippen LogP contribution in [0.25, 0.3) is 11.4 Å². The Labute approximate surface area is 216 Å². The molecule has 0 unspecified atom stereocenters. The first-order chi connectivity index (χ1) is 17.2. The second-order valence-corrected chi connectivity index (χ2v) is 10.8. The minimum atomic E-state index is -4.06. The highest BCUT2D eigenvalue weighted by atomic mass is 35.5. The summed E-state index contributed by atoms with van der Waals surface area (Å²) >= 11 is 5.92. The van der Waals surface area contributed by atoms with Gasteiger partial charge in [-0.2, -0.15) is 0 Å². The van der Waals surface area contributed by atoms with Gasteiger partial charge in [0.15, 0.2) is 11.6 Å². The first-order valence-corrected chi connectivity index (χ1v) is 13.2. The van der Waals surface area contributed by atoms with E-state index in [1.54, 1.807) is 32.6 Å². The zero-order valence-electron chi connectivity index (χ0n) is 20.8. The molecule has 13 heteroatoms. The molecule has 0 fully saturated rings. The fourth-order valence-corrected chi connectivity index (χ4v) is 4.79. The molecule has 0 spiro atoms. The number of benzene rings is 1. The second-order valence-electron chi connectivity index (χ2n) is 8.36. The van der Waals surface area contributed by atoms with Crippen LogP contribution >= 0.6 is 11.6 Å².